The summed E-state index contributed by atoms with van der Waals surface area (Å²) >= 11 is 3.54. The smallest absolute Gasteiger partial charge is 0.327 e. The Labute approximate surface area is 156 Å². The quantitative estimate of drug-likeness (QED) is 0.736. The van der Waals surface area contributed by atoms with Crippen molar-refractivity contribution in [2.24, 2.45) is 0 Å². The predicted molar refractivity (Wildman–Crippen MR) is 101 cm³/mol. The molecule has 1 aromatic heterocycles. The van der Waals surface area contributed by atoms with E-state index in [1.807, 2.05) is 26.0 Å². The van der Waals surface area contributed by atoms with Gasteiger partial charge in [0.05, 0.1) is 11.6 Å². The number of benzene rings is 1. The Morgan fingerprint density at radius 1 is 1.20 bits per heavy atom. The first-order valence-corrected chi connectivity index (χ1v) is 8.96. The van der Waals surface area contributed by atoms with Crippen LogP contribution in [0.3, 0.4) is 0 Å². The molecule has 25 heavy (non-hydrogen) atoms. The number of ether oxygens (including phenoxy) is 2. The number of halogens is 1. The summed E-state index contributed by atoms with van der Waals surface area (Å²) in [5.41, 5.74) is 1.92. The summed E-state index contributed by atoms with van der Waals surface area (Å²) in [6.07, 6.45) is 2.31. The van der Waals surface area contributed by atoms with Gasteiger partial charge in [0.15, 0.2) is 11.5 Å². The van der Waals surface area contributed by atoms with Crippen LogP contribution in [0.2, 0.25) is 0 Å². The maximum atomic E-state index is 5.96. The highest BCUT2D eigenvalue weighted by Gasteiger charge is 2.19. The maximum absolute atomic E-state index is 5.96. The first kappa shape index (κ1) is 17.7. The Kier molecular flexibility index (Phi) is 5.22. The molecule has 0 bridgehead atoms. The van der Waals surface area contributed by atoms with Gasteiger partial charge in [-0.2, -0.15) is 15.0 Å². The normalized spacial score (nSPS) is 13.8. The summed E-state index contributed by atoms with van der Waals surface area (Å²) in [6, 6.07) is 4.09. The first-order valence-electron chi connectivity index (χ1n) is 8.17. The number of aromatic nitrogens is 3. The summed E-state index contributed by atoms with van der Waals surface area (Å²) in [4.78, 5) is 15.4. The van der Waals surface area contributed by atoms with Gasteiger partial charge < -0.3 is 14.4 Å². The van der Waals surface area contributed by atoms with Crippen molar-refractivity contribution in [3.63, 3.8) is 0 Å². The van der Waals surface area contributed by atoms with Crippen LogP contribution < -0.4 is 14.4 Å². The predicted octanol–water partition coefficient (Wildman–Crippen LogP) is 4.38. The highest BCUT2D eigenvalue weighted by Crippen LogP contribution is 2.40. The molecule has 2 heterocycles. The molecule has 0 saturated carbocycles. The Balaban J connectivity index is 1.95. The molecule has 1 aromatic carbocycles. The lowest BCUT2D eigenvalue weighted by atomic mass is 10.1. The molecule has 6 nitrogen and oxygen atoms in total. The number of anilines is 1. The molecule has 0 aliphatic carbocycles. The van der Waals surface area contributed by atoms with E-state index in [4.69, 9.17) is 9.47 Å². The van der Waals surface area contributed by atoms with Crippen molar-refractivity contribution in [3.8, 4) is 17.5 Å². The number of aryl methyl sites for hydroxylation is 1. The van der Waals surface area contributed by atoms with Crippen molar-refractivity contribution < 1.29 is 9.47 Å². The molecule has 0 radical (unpaired) electrons. The van der Waals surface area contributed by atoms with Crippen molar-refractivity contribution in [3.05, 3.63) is 34.6 Å². The molecule has 0 amide bonds. The highest BCUT2D eigenvalue weighted by atomic mass is 79.9. The third-order valence-electron chi connectivity index (χ3n) is 4.02. The second-order valence-electron chi connectivity index (χ2n) is 6.03. The van der Waals surface area contributed by atoms with Crippen molar-refractivity contribution in [1.82, 2.24) is 15.0 Å². The molecule has 0 N–H and O–H groups in total. The third-order valence-corrected chi connectivity index (χ3v) is 4.61. The van der Waals surface area contributed by atoms with Crippen molar-refractivity contribution in [2.75, 3.05) is 25.1 Å². The largest absolute Gasteiger partial charge is 0.493 e. The van der Waals surface area contributed by atoms with Crippen LogP contribution in [0.4, 0.5) is 5.95 Å². The minimum Gasteiger partial charge on any atom is -0.493 e. The number of rotatable bonds is 5. The Hall–Kier alpha value is -2.15. The van der Waals surface area contributed by atoms with E-state index in [9.17, 15) is 0 Å². The second kappa shape index (κ2) is 7.39. The minimum atomic E-state index is 0.261. The summed E-state index contributed by atoms with van der Waals surface area (Å²) in [5.74, 6) is 2.41. The van der Waals surface area contributed by atoms with Gasteiger partial charge in [-0.1, -0.05) is 12.2 Å². The monoisotopic (exact) mass is 404 g/mol. The van der Waals surface area contributed by atoms with E-state index in [0.29, 0.717) is 23.3 Å². The Morgan fingerprint density at radius 3 is 2.56 bits per heavy atom. The van der Waals surface area contributed by atoms with Gasteiger partial charge in [-0.25, -0.2) is 0 Å². The van der Waals surface area contributed by atoms with E-state index < -0.39 is 0 Å². The molecule has 0 spiro atoms. The van der Waals surface area contributed by atoms with Gasteiger partial charge in [0.25, 0.3) is 0 Å². The highest BCUT2D eigenvalue weighted by molar-refractivity contribution is 9.10. The molecule has 0 atom stereocenters. The fourth-order valence-electron chi connectivity index (χ4n) is 2.70. The SMILES string of the molecule is C=C(C)c1cc(Br)c(Oc2nc(C)nc(N3CCCC3)n2)c(OC)c1. The maximum Gasteiger partial charge on any atom is 0.327 e. The van der Waals surface area contributed by atoms with E-state index >= 15 is 0 Å². The van der Waals surface area contributed by atoms with Crippen molar-refractivity contribution in [2.45, 2.75) is 26.7 Å². The van der Waals surface area contributed by atoms with E-state index in [-0.39, 0.29) is 6.01 Å². The molecular formula is C18H21BrN4O2. The van der Waals surface area contributed by atoms with Crippen LogP contribution in [0.15, 0.2) is 23.2 Å². The second-order valence-corrected chi connectivity index (χ2v) is 6.89. The van der Waals surface area contributed by atoms with Gasteiger partial charge >= 0.3 is 6.01 Å². The Morgan fingerprint density at radius 2 is 1.92 bits per heavy atom. The van der Waals surface area contributed by atoms with E-state index in [2.05, 4.69) is 42.4 Å². The molecule has 3 rings (SSSR count). The molecule has 1 saturated heterocycles. The van der Waals surface area contributed by atoms with E-state index in [0.717, 1.165) is 41.5 Å². The average Bonchev–Trinajstić information content (AvgIpc) is 3.10. The van der Waals surface area contributed by atoms with Gasteiger partial charge in [0.2, 0.25) is 5.95 Å². The van der Waals surface area contributed by atoms with Gasteiger partial charge in [-0.05, 0) is 60.3 Å². The molecule has 1 aliphatic heterocycles. The molecule has 1 aliphatic rings. The molecule has 2 aromatic rings. The summed E-state index contributed by atoms with van der Waals surface area (Å²) in [5, 5.41) is 0. The number of hydrogen-bond acceptors (Lipinski definition) is 6. The van der Waals surface area contributed by atoms with Crippen molar-refractivity contribution in [1.29, 1.82) is 0 Å². The summed E-state index contributed by atoms with van der Waals surface area (Å²) < 4.78 is 12.2. The summed E-state index contributed by atoms with van der Waals surface area (Å²) in [7, 11) is 1.60. The van der Waals surface area contributed by atoms with Crippen LogP contribution >= 0.6 is 15.9 Å². The van der Waals surface area contributed by atoms with Crippen LogP contribution in [0.1, 0.15) is 31.2 Å². The molecule has 0 unspecified atom stereocenters. The van der Waals surface area contributed by atoms with Crippen LogP contribution in [0, 0.1) is 6.92 Å². The summed E-state index contributed by atoms with van der Waals surface area (Å²) in [6.45, 7) is 9.67. The number of nitrogens with zero attached hydrogens (tertiary/aromatic N) is 4. The average molecular weight is 405 g/mol. The first-order chi connectivity index (χ1) is 12.0. The number of hydrogen-bond donors (Lipinski definition) is 0. The third kappa shape index (κ3) is 3.92. The standard InChI is InChI=1S/C18H21BrN4O2/c1-11(2)13-9-14(19)16(15(10-13)24-4)25-18-21-12(3)20-17(22-18)23-7-5-6-8-23/h9-10H,1,5-8H2,2-4H3. The lowest BCUT2D eigenvalue weighted by molar-refractivity contribution is 0.365. The van der Waals surface area contributed by atoms with Crippen LogP contribution in [0.5, 0.6) is 17.5 Å². The van der Waals surface area contributed by atoms with Crippen LogP contribution in [0.25, 0.3) is 5.57 Å². The number of allylic oxidation sites excluding steroid dienone is 1. The van der Waals surface area contributed by atoms with Crippen LogP contribution in [-0.2, 0) is 0 Å². The fourth-order valence-corrected chi connectivity index (χ4v) is 3.23. The van der Waals surface area contributed by atoms with Gasteiger partial charge in [-0.15, -0.1) is 0 Å². The van der Waals surface area contributed by atoms with Crippen LogP contribution in [-0.4, -0.2) is 35.2 Å². The molecule has 1 fully saturated rings. The molecule has 132 valence electrons. The van der Waals surface area contributed by atoms with E-state index in [1.54, 1.807) is 7.11 Å². The Bertz CT molecular complexity index is 804. The lowest BCUT2D eigenvalue weighted by Gasteiger charge is -2.17. The lowest BCUT2D eigenvalue weighted by Crippen LogP contribution is -2.21. The minimum absolute atomic E-state index is 0.261. The van der Waals surface area contributed by atoms with Gasteiger partial charge in [0, 0.05) is 13.1 Å². The van der Waals surface area contributed by atoms with Crippen molar-refractivity contribution >= 4 is 27.5 Å². The van der Waals surface area contributed by atoms with Gasteiger partial charge in [-0.3, -0.25) is 0 Å². The molecular weight excluding hydrogens is 384 g/mol. The fraction of sp³-hybridized carbons (Fsp3) is 0.389. The molecule has 7 heteroatoms. The zero-order valence-corrected chi connectivity index (χ0v) is 16.3. The zero-order chi connectivity index (χ0) is 18.0. The van der Waals surface area contributed by atoms with Gasteiger partial charge in [0.1, 0.15) is 5.82 Å². The zero-order valence-electron chi connectivity index (χ0n) is 14.7. The topological polar surface area (TPSA) is 60.4 Å². The number of methoxy groups -OCH3 is 1. The van der Waals surface area contributed by atoms with E-state index in [1.165, 1.54) is 0 Å².